The molecule has 9 heteroatoms. The Bertz CT molecular complexity index is 1080. The van der Waals surface area contributed by atoms with Crippen LogP contribution in [0.4, 0.5) is 0 Å². The Balaban J connectivity index is 2.01. The lowest BCUT2D eigenvalue weighted by Crippen LogP contribution is -2.37. The molecule has 0 radical (unpaired) electrons. The van der Waals surface area contributed by atoms with E-state index >= 15 is 0 Å². The maximum absolute atomic E-state index is 12.5. The number of imidazole rings is 2. The van der Waals surface area contributed by atoms with Gasteiger partial charge in [0.15, 0.2) is 11.2 Å². The van der Waals surface area contributed by atoms with E-state index in [1.807, 2.05) is 17.7 Å². The molecular weight excluding hydrogens is 326 g/mol. The summed E-state index contributed by atoms with van der Waals surface area (Å²) in [5, 5.41) is 8.68. The van der Waals surface area contributed by atoms with Gasteiger partial charge in [0.25, 0.3) is 5.56 Å². The summed E-state index contributed by atoms with van der Waals surface area (Å²) in [5.74, 6) is -0.167. The number of aromatic nitrogens is 5. The summed E-state index contributed by atoms with van der Waals surface area (Å²) in [5.41, 5.74) is 0.924. The number of carboxylic acids is 1. The number of rotatable bonds is 6. The first-order chi connectivity index (χ1) is 11.8. The summed E-state index contributed by atoms with van der Waals surface area (Å²) in [7, 11) is 3.05. The normalized spacial score (nSPS) is 11.6. The number of hydrogen-bond donors (Lipinski definition) is 1. The van der Waals surface area contributed by atoms with Crippen LogP contribution in [-0.4, -0.2) is 34.2 Å². The van der Waals surface area contributed by atoms with Crippen molar-refractivity contribution >= 4 is 22.9 Å². The molecule has 0 fully saturated rings. The lowest BCUT2D eigenvalue weighted by atomic mass is 10.2. The Labute approximate surface area is 142 Å². The molecule has 3 rings (SSSR count). The molecule has 0 atom stereocenters. The van der Waals surface area contributed by atoms with Crippen LogP contribution in [0.1, 0.15) is 31.4 Å². The Kier molecular flexibility index (Phi) is 4.23. The average Bonchev–Trinajstić information content (AvgIpc) is 3.06. The van der Waals surface area contributed by atoms with E-state index in [2.05, 4.69) is 4.98 Å². The van der Waals surface area contributed by atoms with Gasteiger partial charge in [-0.25, -0.2) is 4.79 Å². The molecule has 25 heavy (non-hydrogen) atoms. The van der Waals surface area contributed by atoms with E-state index in [9.17, 15) is 14.4 Å². The molecule has 0 aliphatic carbocycles. The fourth-order valence-corrected chi connectivity index (χ4v) is 3.13. The lowest BCUT2D eigenvalue weighted by molar-refractivity contribution is -0.137. The first-order valence-corrected chi connectivity index (χ1v) is 8.18. The molecule has 0 bridgehead atoms. The monoisotopic (exact) mass is 347 g/mol. The summed E-state index contributed by atoms with van der Waals surface area (Å²) in [4.78, 5) is 39.6. The molecular formula is C16H21N5O4. The van der Waals surface area contributed by atoms with Crippen LogP contribution in [0, 0.1) is 6.92 Å². The van der Waals surface area contributed by atoms with Crippen molar-refractivity contribution in [3.05, 3.63) is 32.7 Å². The van der Waals surface area contributed by atoms with E-state index in [1.165, 1.54) is 11.6 Å². The molecule has 0 aliphatic rings. The highest BCUT2D eigenvalue weighted by atomic mass is 16.4. The van der Waals surface area contributed by atoms with Gasteiger partial charge in [0, 0.05) is 39.0 Å². The van der Waals surface area contributed by atoms with Crippen molar-refractivity contribution in [1.29, 1.82) is 0 Å². The fourth-order valence-electron chi connectivity index (χ4n) is 3.13. The van der Waals surface area contributed by atoms with Crippen LogP contribution in [0.2, 0.25) is 0 Å². The van der Waals surface area contributed by atoms with Gasteiger partial charge in [-0.15, -0.1) is 0 Å². The van der Waals surface area contributed by atoms with Gasteiger partial charge in [-0.05, 0) is 19.8 Å². The predicted octanol–water partition coefficient (Wildman–Crippen LogP) is 0.640. The number of fused-ring (bicyclic) bond motifs is 3. The summed E-state index contributed by atoms with van der Waals surface area (Å²) in [6, 6.07) is 0. The number of unbranched alkanes of at least 4 members (excludes halogenated alkanes) is 2. The van der Waals surface area contributed by atoms with E-state index in [0.29, 0.717) is 29.9 Å². The van der Waals surface area contributed by atoms with Crippen molar-refractivity contribution in [2.24, 2.45) is 14.1 Å². The zero-order valence-corrected chi connectivity index (χ0v) is 14.5. The minimum absolute atomic E-state index is 0.172. The Morgan fingerprint density at radius 2 is 1.88 bits per heavy atom. The number of nitrogens with zero attached hydrogens (tertiary/aromatic N) is 5. The third-order valence-corrected chi connectivity index (χ3v) is 4.53. The van der Waals surface area contributed by atoms with E-state index in [4.69, 9.17) is 5.11 Å². The van der Waals surface area contributed by atoms with E-state index in [-0.39, 0.29) is 12.0 Å². The SMILES string of the molecule is Cc1cn2c3c(=O)n(C)c(=O)n(C)c3nc2n1CCCCCC(=O)O. The molecule has 3 aromatic rings. The van der Waals surface area contributed by atoms with Gasteiger partial charge >= 0.3 is 11.7 Å². The number of carboxylic acid groups (broad SMARTS) is 1. The van der Waals surface area contributed by atoms with Gasteiger partial charge in [-0.1, -0.05) is 6.42 Å². The second-order valence-corrected chi connectivity index (χ2v) is 6.29. The highest BCUT2D eigenvalue weighted by Crippen LogP contribution is 2.17. The third kappa shape index (κ3) is 2.75. The van der Waals surface area contributed by atoms with Crippen molar-refractivity contribution < 1.29 is 9.90 Å². The molecule has 0 aliphatic heterocycles. The van der Waals surface area contributed by atoms with Crippen LogP contribution in [0.5, 0.6) is 0 Å². The lowest BCUT2D eigenvalue weighted by Gasteiger charge is -2.05. The van der Waals surface area contributed by atoms with Crippen LogP contribution in [0.15, 0.2) is 15.8 Å². The third-order valence-electron chi connectivity index (χ3n) is 4.53. The number of hydrogen-bond acceptors (Lipinski definition) is 4. The van der Waals surface area contributed by atoms with Gasteiger partial charge in [0.05, 0.1) is 0 Å². The maximum atomic E-state index is 12.5. The number of aryl methyl sites for hydroxylation is 3. The topological polar surface area (TPSA) is 104 Å². The Morgan fingerprint density at radius 1 is 1.16 bits per heavy atom. The van der Waals surface area contributed by atoms with E-state index in [1.54, 1.807) is 11.4 Å². The minimum atomic E-state index is -0.782. The molecule has 0 spiro atoms. The predicted molar refractivity (Wildman–Crippen MR) is 92.0 cm³/mol. The van der Waals surface area contributed by atoms with Crippen LogP contribution >= 0.6 is 0 Å². The molecule has 9 nitrogen and oxygen atoms in total. The standard InChI is InChI=1S/C16H21N5O4/c1-10-9-21-12-13(18(2)16(25)19(3)14(12)24)17-15(21)20(10)8-6-4-5-7-11(22)23/h9H,4-8H2,1-3H3,(H,22,23). The maximum Gasteiger partial charge on any atom is 0.332 e. The molecule has 0 amide bonds. The van der Waals surface area contributed by atoms with Crippen LogP contribution < -0.4 is 11.2 Å². The average molecular weight is 347 g/mol. The summed E-state index contributed by atoms with van der Waals surface area (Å²) >= 11 is 0. The highest BCUT2D eigenvalue weighted by Gasteiger charge is 2.18. The van der Waals surface area contributed by atoms with Crippen molar-refractivity contribution in [2.45, 2.75) is 39.2 Å². The molecule has 0 aromatic carbocycles. The van der Waals surface area contributed by atoms with Gasteiger partial charge in [-0.2, -0.15) is 4.98 Å². The molecule has 1 N–H and O–H groups in total. The summed E-state index contributed by atoms with van der Waals surface area (Å²) in [6.45, 7) is 2.61. The second-order valence-electron chi connectivity index (χ2n) is 6.29. The van der Waals surface area contributed by atoms with Gasteiger partial charge in [0.2, 0.25) is 5.78 Å². The van der Waals surface area contributed by atoms with E-state index in [0.717, 1.165) is 23.1 Å². The van der Waals surface area contributed by atoms with Crippen molar-refractivity contribution in [3.63, 3.8) is 0 Å². The summed E-state index contributed by atoms with van der Waals surface area (Å²) < 4.78 is 6.17. The van der Waals surface area contributed by atoms with Crippen LogP contribution in [0.3, 0.4) is 0 Å². The van der Waals surface area contributed by atoms with Crippen molar-refractivity contribution in [2.75, 3.05) is 0 Å². The first-order valence-electron chi connectivity index (χ1n) is 8.18. The zero-order valence-electron chi connectivity index (χ0n) is 14.5. The van der Waals surface area contributed by atoms with Gasteiger partial charge in [0.1, 0.15) is 0 Å². The minimum Gasteiger partial charge on any atom is -0.481 e. The number of aliphatic carboxylic acids is 1. The van der Waals surface area contributed by atoms with Crippen molar-refractivity contribution in [1.82, 2.24) is 23.1 Å². The first kappa shape index (κ1) is 17.0. The van der Waals surface area contributed by atoms with Gasteiger partial charge < -0.3 is 9.67 Å². The molecule has 0 unspecified atom stereocenters. The Morgan fingerprint density at radius 3 is 2.56 bits per heavy atom. The zero-order chi connectivity index (χ0) is 18.3. The molecule has 3 aromatic heterocycles. The Hall–Kier alpha value is -2.84. The van der Waals surface area contributed by atoms with Crippen LogP contribution in [0.25, 0.3) is 16.9 Å². The quantitative estimate of drug-likeness (QED) is 0.659. The molecule has 3 heterocycles. The fraction of sp³-hybridized carbons (Fsp3) is 0.500. The molecule has 134 valence electrons. The smallest absolute Gasteiger partial charge is 0.332 e. The molecule has 0 saturated heterocycles. The second kappa shape index (κ2) is 6.23. The van der Waals surface area contributed by atoms with Crippen molar-refractivity contribution in [3.8, 4) is 0 Å². The number of carbonyl (C=O) groups is 1. The summed E-state index contributed by atoms with van der Waals surface area (Å²) in [6.07, 6.45) is 4.27. The van der Waals surface area contributed by atoms with E-state index < -0.39 is 11.7 Å². The van der Waals surface area contributed by atoms with Gasteiger partial charge in [-0.3, -0.25) is 23.1 Å². The van der Waals surface area contributed by atoms with Crippen LogP contribution in [-0.2, 0) is 25.4 Å². The molecule has 0 saturated carbocycles. The largest absolute Gasteiger partial charge is 0.481 e. The highest BCUT2D eigenvalue weighted by molar-refractivity contribution is 5.75.